The highest BCUT2D eigenvalue weighted by Gasteiger charge is 2.25. The van der Waals surface area contributed by atoms with Gasteiger partial charge in [0.1, 0.15) is 5.82 Å². The van der Waals surface area contributed by atoms with E-state index in [0.717, 1.165) is 30.9 Å². The first-order valence-corrected chi connectivity index (χ1v) is 5.19. The number of aliphatic hydroxyl groups excluding tert-OH is 1. The summed E-state index contributed by atoms with van der Waals surface area (Å²) in [5, 5.41) is 9.22. The van der Waals surface area contributed by atoms with E-state index in [9.17, 15) is 5.11 Å². The Hall–Kier alpha value is -1.36. The van der Waals surface area contributed by atoms with E-state index >= 15 is 0 Å². The number of aromatic nitrogens is 2. The van der Waals surface area contributed by atoms with Crippen LogP contribution in [-0.2, 0) is 0 Å². The molecule has 1 fully saturated rings. The molecule has 1 saturated heterocycles. The summed E-state index contributed by atoms with van der Waals surface area (Å²) in [7, 11) is 0. The number of nitrogens with zero attached hydrogens (tertiary/aromatic N) is 3. The third-order valence-electron chi connectivity index (χ3n) is 2.74. The van der Waals surface area contributed by atoms with Crippen LogP contribution in [0.2, 0.25) is 0 Å². The molecular formula is C10H16N4O. The summed E-state index contributed by atoms with van der Waals surface area (Å²) in [6.45, 7) is 3.00. The van der Waals surface area contributed by atoms with E-state index in [1.54, 1.807) is 0 Å². The number of aliphatic hydroxyl groups is 1. The fraction of sp³-hybridized carbons (Fsp3) is 0.600. The van der Waals surface area contributed by atoms with Gasteiger partial charge >= 0.3 is 0 Å². The predicted molar refractivity (Wildman–Crippen MR) is 58.6 cm³/mol. The molecule has 0 amide bonds. The van der Waals surface area contributed by atoms with E-state index in [2.05, 4.69) is 14.9 Å². The molecule has 0 saturated carbocycles. The van der Waals surface area contributed by atoms with Gasteiger partial charge in [-0.1, -0.05) is 0 Å². The second kappa shape index (κ2) is 4.02. The maximum absolute atomic E-state index is 9.22. The van der Waals surface area contributed by atoms with E-state index in [4.69, 9.17) is 5.73 Å². The van der Waals surface area contributed by atoms with Gasteiger partial charge in [-0.3, -0.25) is 0 Å². The minimum Gasteiger partial charge on any atom is -0.394 e. The molecule has 82 valence electrons. The van der Waals surface area contributed by atoms with Crippen LogP contribution in [0.25, 0.3) is 0 Å². The maximum atomic E-state index is 9.22. The van der Waals surface area contributed by atoms with E-state index in [1.165, 1.54) is 0 Å². The molecule has 1 unspecified atom stereocenters. The number of nitrogen functional groups attached to an aromatic ring is 1. The summed E-state index contributed by atoms with van der Waals surface area (Å²) in [6, 6.07) is 2.09. The van der Waals surface area contributed by atoms with Crippen LogP contribution in [0.3, 0.4) is 0 Å². The summed E-state index contributed by atoms with van der Waals surface area (Å²) in [4.78, 5) is 10.3. The lowest BCUT2D eigenvalue weighted by molar-refractivity contribution is 0.266. The SMILES string of the molecule is Cc1cc(N2CCCC2CO)nc(N)n1. The molecule has 1 aliphatic heterocycles. The largest absolute Gasteiger partial charge is 0.394 e. The third-order valence-corrected chi connectivity index (χ3v) is 2.74. The summed E-state index contributed by atoms with van der Waals surface area (Å²) in [6.07, 6.45) is 2.10. The Morgan fingerprint density at radius 2 is 2.40 bits per heavy atom. The lowest BCUT2D eigenvalue weighted by Crippen LogP contribution is -2.33. The van der Waals surface area contributed by atoms with Crippen molar-refractivity contribution >= 4 is 11.8 Å². The predicted octanol–water partition coefficient (Wildman–Crippen LogP) is 0.328. The fourth-order valence-electron chi connectivity index (χ4n) is 2.05. The Balaban J connectivity index is 2.28. The average molecular weight is 208 g/mol. The van der Waals surface area contributed by atoms with Gasteiger partial charge in [0.25, 0.3) is 0 Å². The zero-order chi connectivity index (χ0) is 10.8. The molecule has 0 spiro atoms. The molecule has 0 aliphatic carbocycles. The lowest BCUT2D eigenvalue weighted by Gasteiger charge is -2.24. The molecule has 1 aromatic heterocycles. The number of hydrogen-bond acceptors (Lipinski definition) is 5. The van der Waals surface area contributed by atoms with Gasteiger partial charge in [-0.25, -0.2) is 4.98 Å². The van der Waals surface area contributed by atoms with Crippen molar-refractivity contribution in [2.75, 3.05) is 23.8 Å². The summed E-state index contributed by atoms with van der Waals surface area (Å²) in [5.41, 5.74) is 6.46. The van der Waals surface area contributed by atoms with Gasteiger partial charge < -0.3 is 15.7 Å². The normalized spacial score (nSPS) is 20.9. The highest BCUT2D eigenvalue weighted by atomic mass is 16.3. The minimum atomic E-state index is 0.170. The van der Waals surface area contributed by atoms with Crippen molar-refractivity contribution in [1.29, 1.82) is 0 Å². The highest BCUT2D eigenvalue weighted by Crippen LogP contribution is 2.24. The van der Waals surface area contributed by atoms with Gasteiger partial charge in [-0.2, -0.15) is 4.98 Å². The summed E-state index contributed by atoms with van der Waals surface area (Å²) < 4.78 is 0. The fourth-order valence-corrected chi connectivity index (χ4v) is 2.05. The van der Waals surface area contributed by atoms with Crippen LogP contribution >= 0.6 is 0 Å². The molecule has 5 nitrogen and oxygen atoms in total. The molecule has 5 heteroatoms. The Morgan fingerprint density at radius 1 is 1.60 bits per heavy atom. The van der Waals surface area contributed by atoms with Crippen LogP contribution in [0, 0.1) is 6.92 Å². The molecule has 0 radical (unpaired) electrons. The van der Waals surface area contributed by atoms with Crippen LogP contribution in [0.1, 0.15) is 18.5 Å². The van der Waals surface area contributed by atoms with Gasteiger partial charge in [0.05, 0.1) is 12.6 Å². The van der Waals surface area contributed by atoms with Crippen LogP contribution in [-0.4, -0.2) is 34.3 Å². The first-order chi connectivity index (χ1) is 7.20. The minimum absolute atomic E-state index is 0.170. The van der Waals surface area contributed by atoms with Crippen LogP contribution in [0.5, 0.6) is 0 Å². The monoisotopic (exact) mass is 208 g/mol. The molecule has 0 bridgehead atoms. The van der Waals surface area contributed by atoms with E-state index in [0.29, 0.717) is 5.95 Å². The first kappa shape index (κ1) is 10.2. The molecule has 3 N–H and O–H groups in total. The number of hydrogen-bond donors (Lipinski definition) is 2. The van der Waals surface area contributed by atoms with Crippen molar-refractivity contribution in [3.8, 4) is 0 Å². The smallest absolute Gasteiger partial charge is 0.222 e. The quantitative estimate of drug-likeness (QED) is 0.732. The van der Waals surface area contributed by atoms with E-state index < -0.39 is 0 Å². The number of rotatable bonds is 2. The van der Waals surface area contributed by atoms with Crippen LogP contribution < -0.4 is 10.6 Å². The summed E-state index contributed by atoms with van der Waals surface area (Å²) >= 11 is 0. The van der Waals surface area contributed by atoms with E-state index in [1.807, 2.05) is 13.0 Å². The molecular weight excluding hydrogens is 192 g/mol. The van der Waals surface area contributed by atoms with Crippen molar-refractivity contribution < 1.29 is 5.11 Å². The first-order valence-electron chi connectivity index (χ1n) is 5.19. The zero-order valence-corrected chi connectivity index (χ0v) is 8.85. The Labute approximate surface area is 88.9 Å². The molecule has 1 atom stereocenters. The second-order valence-corrected chi connectivity index (χ2v) is 3.90. The van der Waals surface area contributed by atoms with E-state index in [-0.39, 0.29) is 12.6 Å². The van der Waals surface area contributed by atoms with Gasteiger partial charge in [0, 0.05) is 18.3 Å². The maximum Gasteiger partial charge on any atom is 0.222 e. The van der Waals surface area contributed by atoms with Crippen molar-refractivity contribution in [2.24, 2.45) is 0 Å². The molecule has 1 aliphatic rings. The van der Waals surface area contributed by atoms with Gasteiger partial charge in [0.2, 0.25) is 5.95 Å². The Bertz CT molecular complexity index is 335. The van der Waals surface area contributed by atoms with Crippen LogP contribution in [0.4, 0.5) is 11.8 Å². The molecule has 2 rings (SSSR count). The molecule has 2 heterocycles. The topological polar surface area (TPSA) is 75.3 Å². The lowest BCUT2D eigenvalue weighted by atomic mass is 10.2. The zero-order valence-electron chi connectivity index (χ0n) is 8.85. The number of nitrogens with two attached hydrogens (primary N) is 1. The van der Waals surface area contributed by atoms with Crippen molar-refractivity contribution in [1.82, 2.24) is 9.97 Å². The van der Waals surface area contributed by atoms with Crippen LogP contribution in [0.15, 0.2) is 6.07 Å². The standard InChI is InChI=1S/C10H16N4O/c1-7-5-9(13-10(11)12-7)14-4-2-3-8(14)6-15/h5,8,15H,2-4,6H2,1H3,(H2,11,12,13). The van der Waals surface area contributed by atoms with Crippen molar-refractivity contribution in [2.45, 2.75) is 25.8 Å². The number of aryl methyl sites for hydroxylation is 1. The third kappa shape index (κ3) is 2.02. The molecule has 15 heavy (non-hydrogen) atoms. The van der Waals surface area contributed by atoms with Gasteiger partial charge in [-0.05, 0) is 19.8 Å². The molecule has 0 aromatic carbocycles. The Kier molecular flexibility index (Phi) is 2.73. The summed E-state index contributed by atoms with van der Waals surface area (Å²) in [5.74, 6) is 1.13. The second-order valence-electron chi connectivity index (χ2n) is 3.90. The molecule has 1 aromatic rings. The highest BCUT2D eigenvalue weighted by molar-refractivity contribution is 5.45. The van der Waals surface area contributed by atoms with Crippen molar-refractivity contribution in [3.63, 3.8) is 0 Å². The Morgan fingerprint density at radius 3 is 3.07 bits per heavy atom. The van der Waals surface area contributed by atoms with Gasteiger partial charge in [-0.15, -0.1) is 0 Å². The average Bonchev–Trinajstić information content (AvgIpc) is 2.63. The van der Waals surface area contributed by atoms with Gasteiger partial charge in [0.15, 0.2) is 0 Å². The number of anilines is 2. The van der Waals surface area contributed by atoms with Crippen molar-refractivity contribution in [3.05, 3.63) is 11.8 Å².